The first-order chi connectivity index (χ1) is 11.6. The molecule has 2 aromatic rings. The van der Waals surface area contributed by atoms with Crippen LogP contribution < -0.4 is 10.6 Å². The number of halogens is 1. The SMILES string of the molecule is CCNC(=O)C1CCC(NC(=O)c2cc3cc(Cl)ccc3[nH]2)CC1. The maximum Gasteiger partial charge on any atom is 0.267 e. The van der Waals surface area contributed by atoms with Gasteiger partial charge in [-0.3, -0.25) is 9.59 Å². The van der Waals surface area contributed by atoms with E-state index in [0.717, 1.165) is 36.6 Å². The summed E-state index contributed by atoms with van der Waals surface area (Å²) in [5, 5.41) is 7.52. The summed E-state index contributed by atoms with van der Waals surface area (Å²) in [5.74, 6) is 0.104. The van der Waals surface area contributed by atoms with E-state index in [9.17, 15) is 9.59 Å². The van der Waals surface area contributed by atoms with Crippen molar-refractivity contribution in [3.63, 3.8) is 0 Å². The maximum atomic E-state index is 12.4. The van der Waals surface area contributed by atoms with Gasteiger partial charge >= 0.3 is 0 Å². The van der Waals surface area contributed by atoms with Gasteiger partial charge in [0.25, 0.3) is 5.91 Å². The van der Waals surface area contributed by atoms with Gasteiger partial charge in [-0.05, 0) is 56.9 Å². The van der Waals surface area contributed by atoms with Crippen LogP contribution in [0, 0.1) is 5.92 Å². The maximum absolute atomic E-state index is 12.4. The van der Waals surface area contributed by atoms with Gasteiger partial charge in [0, 0.05) is 34.4 Å². The van der Waals surface area contributed by atoms with Crippen LogP contribution in [0.2, 0.25) is 5.02 Å². The second-order valence-electron chi connectivity index (χ2n) is 6.33. The summed E-state index contributed by atoms with van der Waals surface area (Å²) in [6.45, 7) is 2.59. The fraction of sp³-hybridized carbons (Fsp3) is 0.444. The molecule has 1 aromatic heterocycles. The third kappa shape index (κ3) is 3.73. The summed E-state index contributed by atoms with van der Waals surface area (Å²) < 4.78 is 0. The van der Waals surface area contributed by atoms with Gasteiger partial charge in [0.2, 0.25) is 5.91 Å². The highest BCUT2D eigenvalue weighted by atomic mass is 35.5. The van der Waals surface area contributed by atoms with E-state index < -0.39 is 0 Å². The molecule has 1 heterocycles. The van der Waals surface area contributed by atoms with Gasteiger partial charge in [0.1, 0.15) is 5.69 Å². The molecule has 3 rings (SSSR count). The summed E-state index contributed by atoms with van der Waals surface area (Å²) in [4.78, 5) is 27.4. The Kier molecular flexibility index (Phi) is 5.09. The third-order valence-electron chi connectivity index (χ3n) is 4.61. The number of aromatic nitrogens is 1. The predicted molar refractivity (Wildman–Crippen MR) is 95.2 cm³/mol. The molecule has 128 valence electrons. The van der Waals surface area contributed by atoms with E-state index in [1.165, 1.54) is 0 Å². The molecule has 6 heteroatoms. The van der Waals surface area contributed by atoms with E-state index in [-0.39, 0.29) is 23.8 Å². The van der Waals surface area contributed by atoms with Gasteiger partial charge in [-0.25, -0.2) is 0 Å². The number of carbonyl (C=O) groups excluding carboxylic acids is 2. The largest absolute Gasteiger partial charge is 0.356 e. The molecule has 24 heavy (non-hydrogen) atoms. The Morgan fingerprint density at radius 2 is 1.96 bits per heavy atom. The number of H-pyrrole nitrogens is 1. The summed E-state index contributed by atoms with van der Waals surface area (Å²) in [6, 6.07) is 7.44. The first-order valence-corrected chi connectivity index (χ1v) is 8.81. The topological polar surface area (TPSA) is 74.0 Å². The zero-order valence-corrected chi connectivity index (χ0v) is 14.5. The Bertz CT molecular complexity index is 748. The Morgan fingerprint density at radius 3 is 2.67 bits per heavy atom. The monoisotopic (exact) mass is 347 g/mol. The van der Waals surface area contributed by atoms with Gasteiger partial charge < -0.3 is 15.6 Å². The summed E-state index contributed by atoms with van der Waals surface area (Å²) in [5.41, 5.74) is 1.43. The number of benzene rings is 1. The fourth-order valence-corrected chi connectivity index (χ4v) is 3.49. The normalized spacial score (nSPS) is 20.8. The van der Waals surface area contributed by atoms with Crippen LogP contribution in [-0.2, 0) is 4.79 Å². The lowest BCUT2D eigenvalue weighted by atomic mass is 9.85. The van der Waals surface area contributed by atoms with Gasteiger partial charge in [-0.15, -0.1) is 0 Å². The van der Waals surface area contributed by atoms with Crippen molar-refractivity contribution in [1.29, 1.82) is 0 Å². The number of aromatic amines is 1. The molecule has 1 aliphatic carbocycles. The van der Waals surface area contributed by atoms with Crippen LogP contribution in [0.1, 0.15) is 43.1 Å². The van der Waals surface area contributed by atoms with Crippen LogP contribution in [0.4, 0.5) is 0 Å². The molecular formula is C18H22ClN3O2. The van der Waals surface area contributed by atoms with E-state index in [0.29, 0.717) is 17.3 Å². The van der Waals surface area contributed by atoms with Crippen LogP contribution in [0.25, 0.3) is 10.9 Å². The van der Waals surface area contributed by atoms with Crippen molar-refractivity contribution in [3.8, 4) is 0 Å². The molecule has 0 saturated heterocycles. The van der Waals surface area contributed by atoms with Crippen molar-refractivity contribution in [2.75, 3.05) is 6.54 Å². The number of rotatable bonds is 4. The van der Waals surface area contributed by atoms with E-state index in [1.54, 1.807) is 6.07 Å². The van der Waals surface area contributed by atoms with Crippen molar-refractivity contribution in [3.05, 3.63) is 35.0 Å². The second-order valence-corrected chi connectivity index (χ2v) is 6.77. The molecule has 0 bridgehead atoms. The number of hydrogen-bond donors (Lipinski definition) is 3. The standard InChI is InChI=1S/C18H22ClN3O2/c1-2-20-17(23)11-3-6-14(7-4-11)21-18(24)16-10-12-9-13(19)5-8-15(12)22-16/h5,8-11,14,22H,2-4,6-7H2,1H3,(H,20,23)(H,21,24). The first-order valence-electron chi connectivity index (χ1n) is 8.43. The van der Waals surface area contributed by atoms with E-state index in [1.807, 2.05) is 25.1 Å². The number of carbonyl (C=O) groups is 2. The van der Waals surface area contributed by atoms with Crippen molar-refractivity contribution < 1.29 is 9.59 Å². The molecular weight excluding hydrogens is 326 g/mol. The molecule has 5 nitrogen and oxygen atoms in total. The first kappa shape index (κ1) is 16.8. The van der Waals surface area contributed by atoms with Crippen molar-refractivity contribution in [2.24, 2.45) is 5.92 Å². The molecule has 0 atom stereocenters. The quantitative estimate of drug-likeness (QED) is 0.794. The van der Waals surface area contributed by atoms with E-state index in [4.69, 9.17) is 11.6 Å². The molecule has 3 N–H and O–H groups in total. The molecule has 1 saturated carbocycles. The van der Waals surface area contributed by atoms with Crippen LogP contribution in [-0.4, -0.2) is 29.4 Å². The summed E-state index contributed by atoms with van der Waals surface area (Å²) >= 11 is 5.98. The smallest absolute Gasteiger partial charge is 0.267 e. The fourth-order valence-electron chi connectivity index (χ4n) is 3.31. The Morgan fingerprint density at radius 1 is 1.21 bits per heavy atom. The van der Waals surface area contributed by atoms with E-state index >= 15 is 0 Å². The zero-order valence-electron chi connectivity index (χ0n) is 13.7. The molecule has 1 fully saturated rings. The highest BCUT2D eigenvalue weighted by molar-refractivity contribution is 6.31. The molecule has 2 amide bonds. The summed E-state index contributed by atoms with van der Waals surface area (Å²) in [7, 11) is 0. The number of hydrogen-bond acceptors (Lipinski definition) is 2. The van der Waals surface area contributed by atoms with Gasteiger partial charge in [0.05, 0.1) is 0 Å². The van der Waals surface area contributed by atoms with Crippen LogP contribution in [0.15, 0.2) is 24.3 Å². The Hall–Kier alpha value is -2.01. The molecule has 0 unspecified atom stereocenters. The highest BCUT2D eigenvalue weighted by Crippen LogP contribution is 2.25. The highest BCUT2D eigenvalue weighted by Gasteiger charge is 2.27. The van der Waals surface area contributed by atoms with Crippen molar-refractivity contribution in [1.82, 2.24) is 15.6 Å². The average molecular weight is 348 g/mol. The minimum atomic E-state index is -0.108. The zero-order chi connectivity index (χ0) is 17.1. The lowest BCUT2D eigenvalue weighted by molar-refractivity contribution is -0.125. The number of amides is 2. The van der Waals surface area contributed by atoms with Crippen molar-refractivity contribution >= 4 is 34.3 Å². The van der Waals surface area contributed by atoms with Gasteiger partial charge in [-0.2, -0.15) is 0 Å². The van der Waals surface area contributed by atoms with Gasteiger partial charge in [-0.1, -0.05) is 11.6 Å². The molecule has 0 spiro atoms. The minimum absolute atomic E-state index is 0.0771. The minimum Gasteiger partial charge on any atom is -0.356 e. The molecule has 1 aromatic carbocycles. The Labute approximate surface area is 146 Å². The predicted octanol–water partition coefficient (Wildman–Crippen LogP) is 3.25. The lowest BCUT2D eigenvalue weighted by Crippen LogP contribution is -2.40. The molecule has 0 aliphatic heterocycles. The van der Waals surface area contributed by atoms with Gasteiger partial charge in [0.15, 0.2) is 0 Å². The van der Waals surface area contributed by atoms with E-state index in [2.05, 4.69) is 15.6 Å². The van der Waals surface area contributed by atoms with Crippen LogP contribution in [0.5, 0.6) is 0 Å². The Balaban J connectivity index is 1.58. The molecule has 1 aliphatic rings. The third-order valence-corrected chi connectivity index (χ3v) is 4.85. The van der Waals surface area contributed by atoms with Crippen LogP contribution >= 0.6 is 11.6 Å². The van der Waals surface area contributed by atoms with Crippen LogP contribution in [0.3, 0.4) is 0 Å². The summed E-state index contributed by atoms with van der Waals surface area (Å²) in [6.07, 6.45) is 3.30. The number of fused-ring (bicyclic) bond motifs is 1. The lowest BCUT2D eigenvalue weighted by Gasteiger charge is -2.28. The number of nitrogens with one attached hydrogen (secondary N) is 3. The average Bonchev–Trinajstić information content (AvgIpc) is 2.99. The van der Waals surface area contributed by atoms with Crippen molar-refractivity contribution in [2.45, 2.75) is 38.6 Å². The second kappa shape index (κ2) is 7.26. The molecule has 0 radical (unpaired) electrons.